The van der Waals surface area contributed by atoms with Crippen molar-refractivity contribution >= 4 is 5.97 Å². The molecule has 0 aromatic carbocycles. The maximum Gasteiger partial charge on any atom is 0.309 e. The van der Waals surface area contributed by atoms with Gasteiger partial charge in [-0.15, -0.1) is 0 Å². The van der Waals surface area contributed by atoms with Crippen LogP contribution in [-0.2, 0) is 4.79 Å². The molecule has 0 atom stereocenters. The Morgan fingerprint density at radius 1 is 1.06 bits per heavy atom. The lowest BCUT2D eigenvalue weighted by Gasteiger charge is -2.24. The van der Waals surface area contributed by atoms with Crippen molar-refractivity contribution in [2.24, 2.45) is 11.1 Å². The van der Waals surface area contributed by atoms with Crippen molar-refractivity contribution < 1.29 is 9.90 Å². The van der Waals surface area contributed by atoms with Crippen LogP contribution in [-0.4, -0.2) is 43.7 Å². The summed E-state index contributed by atoms with van der Waals surface area (Å²) in [6, 6.07) is 0. The molecule has 0 amide bonds. The third-order valence-corrected chi connectivity index (χ3v) is 2.77. The molecule has 0 saturated carbocycles. The first kappa shape index (κ1) is 22.6. The Balaban J connectivity index is -0.000000233. The molecule has 0 aromatic heterocycles. The molecule has 0 rings (SSSR count). The van der Waals surface area contributed by atoms with Crippen molar-refractivity contribution in [3.63, 3.8) is 0 Å². The second kappa shape index (κ2) is 14.5. The topological polar surface area (TPSA) is 66.6 Å². The Labute approximate surface area is 114 Å². The lowest BCUT2D eigenvalue weighted by Crippen LogP contribution is -2.28. The molecule has 4 heteroatoms. The number of hydrogen-bond donors (Lipinski definition) is 2. The largest absolute Gasteiger partial charge is 0.481 e. The standard InChI is InChI=1S/C8H16O2.2C3H9N/c1-4-8(5-2,6-3)7(9)10;1-4(2)3;1-2-3-4/h4-6H2,1-3H3,(H,9,10);1-3H3;2-4H2,1H3. The fraction of sp³-hybridized carbons (Fsp3) is 0.929. The lowest BCUT2D eigenvalue weighted by atomic mass is 9.80. The van der Waals surface area contributed by atoms with Crippen molar-refractivity contribution in [1.82, 2.24) is 4.90 Å². The third-order valence-electron chi connectivity index (χ3n) is 2.77. The summed E-state index contributed by atoms with van der Waals surface area (Å²) in [7, 11) is 6.00. The SMILES string of the molecule is CCC(CC)(CC)C(=O)O.CCCN.CN(C)C. The van der Waals surface area contributed by atoms with Crippen LogP contribution in [0.5, 0.6) is 0 Å². The molecule has 0 aliphatic heterocycles. The zero-order valence-corrected chi connectivity index (χ0v) is 13.4. The molecule has 0 aliphatic carbocycles. The van der Waals surface area contributed by atoms with Crippen molar-refractivity contribution in [3.05, 3.63) is 0 Å². The van der Waals surface area contributed by atoms with Gasteiger partial charge in [0.05, 0.1) is 5.41 Å². The Morgan fingerprint density at radius 2 is 1.28 bits per heavy atom. The summed E-state index contributed by atoms with van der Waals surface area (Å²) in [5.41, 5.74) is 4.57. The smallest absolute Gasteiger partial charge is 0.309 e. The monoisotopic (exact) mass is 262 g/mol. The van der Waals surface area contributed by atoms with Crippen LogP contribution >= 0.6 is 0 Å². The zero-order valence-electron chi connectivity index (χ0n) is 13.4. The molecule has 0 fully saturated rings. The van der Waals surface area contributed by atoms with Gasteiger partial charge in [0, 0.05) is 0 Å². The van der Waals surface area contributed by atoms with E-state index in [9.17, 15) is 4.79 Å². The number of rotatable bonds is 5. The molecule has 18 heavy (non-hydrogen) atoms. The number of carboxylic acid groups (broad SMARTS) is 1. The van der Waals surface area contributed by atoms with Gasteiger partial charge in [0.2, 0.25) is 0 Å². The van der Waals surface area contributed by atoms with E-state index in [2.05, 4.69) is 6.92 Å². The van der Waals surface area contributed by atoms with Gasteiger partial charge in [0.15, 0.2) is 0 Å². The summed E-state index contributed by atoms with van der Waals surface area (Å²) in [5.74, 6) is -0.653. The average Bonchev–Trinajstić information content (AvgIpc) is 2.31. The van der Waals surface area contributed by atoms with Crippen LogP contribution in [0.3, 0.4) is 0 Å². The van der Waals surface area contributed by atoms with Crippen LogP contribution < -0.4 is 5.73 Å². The molecule has 0 aliphatic rings. The van der Waals surface area contributed by atoms with Crippen LogP contribution in [0.2, 0.25) is 0 Å². The van der Waals surface area contributed by atoms with Gasteiger partial charge in [0.25, 0.3) is 0 Å². The summed E-state index contributed by atoms with van der Waals surface area (Å²) < 4.78 is 0. The van der Waals surface area contributed by atoms with Gasteiger partial charge < -0.3 is 15.7 Å². The van der Waals surface area contributed by atoms with Crippen LogP contribution in [0.15, 0.2) is 0 Å². The van der Waals surface area contributed by atoms with Gasteiger partial charge in [-0.1, -0.05) is 27.7 Å². The fourth-order valence-corrected chi connectivity index (χ4v) is 1.20. The molecule has 0 bridgehead atoms. The van der Waals surface area contributed by atoms with E-state index >= 15 is 0 Å². The van der Waals surface area contributed by atoms with E-state index < -0.39 is 11.4 Å². The minimum atomic E-state index is -0.653. The number of carboxylic acids is 1. The molecule has 0 unspecified atom stereocenters. The van der Waals surface area contributed by atoms with Gasteiger partial charge in [-0.2, -0.15) is 0 Å². The minimum Gasteiger partial charge on any atom is -0.481 e. The second-order valence-electron chi connectivity index (χ2n) is 4.78. The zero-order chi connectivity index (χ0) is 15.2. The van der Waals surface area contributed by atoms with Crippen molar-refractivity contribution in [3.8, 4) is 0 Å². The molecule has 0 saturated heterocycles. The maximum absolute atomic E-state index is 10.7. The van der Waals surface area contributed by atoms with E-state index in [0.717, 1.165) is 32.2 Å². The van der Waals surface area contributed by atoms with Gasteiger partial charge in [-0.05, 0) is 53.4 Å². The molecule has 4 nitrogen and oxygen atoms in total. The lowest BCUT2D eigenvalue weighted by molar-refractivity contribution is -0.149. The summed E-state index contributed by atoms with van der Waals surface area (Å²) >= 11 is 0. The Hall–Kier alpha value is -0.610. The van der Waals surface area contributed by atoms with Gasteiger partial charge in [0.1, 0.15) is 0 Å². The molecular formula is C14H34N2O2. The van der Waals surface area contributed by atoms with Gasteiger partial charge in [-0.25, -0.2) is 0 Å². The quantitative estimate of drug-likeness (QED) is 0.799. The average molecular weight is 262 g/mol. The van der Waals surface area contributed by atoms with Crippen LogP contribution in [0.1, 0.15) is 53.4 Å². The van der Waals surface area contributed by atoms with E-state index in [1.54, 1.807) is 0 Å². The maximum atomic E-state index is 10.7. The molecule has 0 aromatic rings. The van der Waals surface area contributed by atoms with E-state index in [4.69, 9.17) is 10.8 Å². The molecule has 3 N–H and O–H groups in total. The van der Waals surface area contributed by atoms with Gasteiger partial charge in [-0.3, -0.25) is 4.79 Å². The second-order valence-corrected chi connectivity index (χ2v) is 4.78. The van der Waals surface area contributed by atoms with E-state index in [-0.39, 0.29) is 0 Å². The van der Waals surface area contributed by atoms with Crippen molar-refractivity contribution in [2.75, 3.05) is 27.7 Å². The molecule has 112 valence electrons. The van der Waals surface area contributed by atoms with Gasteiger partial charge >= 0.3 is 5.97 Å². The van der Waals surface area contributed by atoms with E-state index in [1.165, 1.54) is 0 Å². The van der Waals surface area contributed by atoms with Crippen LogP contribution in [0.25, 0.3) is 0 Å². The van der Waals surface area contributed by atoms with Crippen LogP contribution in [0, 0.1) is 5.41 Å². The summed E-state index contributed by atoms with van der Waals surface area (Å²) in [6.07, 6.45) is 3.29. The first-order chi connectivity index (χ1) is 8.27. The first-order valence-corrected chi connectivity index (χ1v) is 6.82. The highest BCUT2D eigenvalue weighted by Gasteiger charge is 2.32. The first-order valence-electron chi connectivity index (χ1n) is 6.82. The predicted octanol–water partition coefficient (Wildman–Crippen LogP) is 2.82. The highest BCUT2D eigenvalue weighted by molar-refractivity contribution is 5.74. The number of hydrogen-bond acceptors (Lipinski definition) is 3. The Bertz CT molecular complexity index is 166. The predicted molar refractivity (Wildman–Crippen MR) is 79.9 cm³/mol. The van der Waals surface area contributed by atoms with E-state index in [1.807, 2.05) is 46.8 Å². The molecular weight excluding hydrogens is 228 g/mol. The normalized spacial score (nSPS) is 10.1. The molecule has 0 heterocycles. The summed E-state index contributed by atoms with van der Waals surface area (Å²) in [4.78, 5) is 12.7. The summed E-state index contributed by atoms with van der Waals surface area (Å²) in [6.45, 7) is 8.67. The number of nitrogens with zero attached hydrogens (tertiary/aromatic N) is 1. The number of nitrogens with two attached hydrogens (primary N) is 1. The highest BCUT2D eigenvalue weighted by atomic mass is 16.4. The van der Waals surface area contributed by atoms with Crippen LogP contribution in [0.4, 0.5) is 0 Å². The Kier molecular flexibility index (Phi) is 18.1. The van der Waals surface area contributed by atoms with E-state index in [0.29, 0.717) is 0 Å². The Morgan fingerprint density at radius 3 is 1.28 bits per heavy atom. The molecule has 0 spiro atoms. The number of carbonyl (C=O) groups is 1. The highest BCUT2D eigenvalue weighted by Crippen LogP contribution is 2.30. The van der Waals surface area contributed by atoms with Crippen molar-refractivity contribution in [1.29, 1.82) is 0 Å². The third kappa shape index (κ3) is 13.5. The summed E-state index contributed by atoms with van der Waals surface area (Å²) in [5, 5.41) is 8.82. The molecule has 0 radical (unpaired) electrons. The van der Waals surface area contributed by atoms with Crippen molar-refractivity contribution in [2.45, 2.75) is 53.4 Å². The number of aliphatic carboxylic acids is 1. The fourth-order valence-electron chi connectivity index (χ4n) is 1.20. The minimum absolute atomic E-state index is 0.458.